The van der Waals surface area contributed by atoms with Gasteiger partial charge >= 0.3 is 11.9 Å². The molecule has 0 amide bonds. The number of carboxylic acids is 2. The number of aliphatic carboxylic acids is 2. The normalized spacial score (nSPS) is 21.9. The van der Waals surface area contributed by atoms with Gasteiger partial charge in [0.2, 0.25) is 0 Å². The van der Waals surface area contributed by atoms with Gasteiger partial charge in [0.25, 0.3) is 0 Å². The summed E-state index contributed by atoms with van der Waals surface area (Å²) < 4.78 is 7.25. The fourth-order valence-electron chi connectivity index (χ4n) is 3.97. The SMILES string of the molecule is CC(N)C(=O)CCCCCC(=O)O.CSCCC(NC[C@H]1O[C@@H](n2cnc3c(N)ncnc32)[C@H](O)[C@@H]1O)C(=O)O. The number of carbonyl (C=O) groups is 3. The first-order valence-electron chi connectivity index (χ1n) is 12.9. The molecule has 224 valence electrons. The van der Waals surface area contributed by atoms with Crippen LogP contribution in [0.4, 0.5) is 5.82 Å². The Morgan fingerprint density at radius 2 is 1.82 bits per heavy atom. The molecule has 2 aromatic rings. The van der Waals surface area contributed by atoms with Gasteiger partial charge in [-0.25, -0.2) is 15.0 Å². The van der Waals surface area contributed by atoms with Crippen LogP contribution in [0.15, 0.2) is 12.7 Å². The van der Waals surface area contributed by atoms with Gasteiger partial charge in [0, 0.05) is 19.4 Å². The van der Waals surface area contributed by atoms with Gasteiger partial charge in [-0.3, -0.25) is 19.0 Å². The van der Waals surface area contributed by atoms with E-state index in [9.17, 15) is 29.7 Å². The maximum atomic E-state index is 11.3. The van der Waals surface area contributed by atoms with Gasteiger partial charge in [-0.2, -0.15) is 11.8 Å². The maximum absolute atomic E-state index is 11.3. The van der Waals surface area contributed by atoms with Crippen molar-refractivity contribution in [3.63, 3.8) is 0 Å². The number of rotatable bonds is 15. The fourth-order valence-corrected chi connectivity index (χ4v) is 4.44. The smallest absolute Gasteiger partial charge is 0.320 e. The van der Waals surface area contributed by atoms with E-state index in [0.29, 0.717) is 36.2 Å². The zero-order valence-electron chi connectivity index (χ0n) is 22.5. The molecule has 2 aromatic heterocycles. The number of nitrogens with zero attached hydrogens (tertiary/aromatic N) is 4. The molecule has 15 nitrogen and oxygen atoms in total. The number of carbonyl (C=O) groups excluding carboxylic acids is 1. The number of fused-ring (bicyclic) bond motifs is 1. The lowest BCUT2D eigenvalue weighted by Crippen LogP contribution is -2.44. The number of anilines is 1. The van der Waals surface area contributed by atoms with Crippen LogP contribution in [0.2, 0.25) is 0 Å². The number of ketones is 1. The predicted octanol–water partition coefficient (Wildman–Crippen LogP) is -0.239. The van der Waals surface area contributed by atoms with Gasteiger partial charge < -0.3 is 41.9 Å². The van der Waals surface area contributed by atoms with E-state index in [2.05, 4.69) is 20.3 Å². The molecule has 16 heteroatoms. The highest BCUT2D eigenvalue weighted by Gasteiger charge is 2.44. The standard InChI is InChI=1S/C15H22N6O5S.C9H17NO3/c1-27-3-2-7(15(24)25)17-4-8-10(22)11(23)14(26-8)21-6-20-9-12(16)18-5-19-13(9)21;1-7(10)8(11)5-3-2-4-6-9(12)13/h5-8,10-11,14,17,22-23H,2-4H2,1H3,(H,24,25)(H2,16,18,19);7H,2-6,10H2,1H3,(H,12,13)/t7?,8-,10-,11-,14-;/m1./s1. The molecule has 9 N–H and O–H groups in total. The van der Waals surface area contributed by atoms with E-state index in [1.54, 1.807) is 18.7 Å². The number of aliphatic hydroxyl groups excluding tert-OH is 2. The van der Waals surface area contributed by atoms with E-state index in [0.717, 1.165) is 12.8 Å². The largest absolute Gasteiger partial charge is 0.481 e. The Kier molecular flexibility index (Phi) is 13.7. The minimum atomic E-state index is -1.24. The zero-order valence-corrected chi connectivity index (χ0v) is 23.4. The molecule has 0 saturated carbocycles. The van der Waals surface area contributed by atoms with Gasteiger partial charge in [0.05, 0.1) is 12.4 Å². The van der Waals surface area contributed by atoms with Crippen molar-refractivity contribution < 1.29 is 39.5 Å². The van der Waals surface area contributed by atoms with Crippen LogP contribution in [0.3, 0.4) is 0 Å². The maximum Gasteiger partial charge on any atom is 0.320 e. The fraction of sp³-hybridized carbons (Fsp3) is 0.667. The van der Waals surface area contributed by atoms with Crippen molar-refractivity contribution in [2.24, 2.45) is 5.73 Å². The summed E-state index contributed by atoms with van der Waals surface area (Å²) in [4.78, 5) is 44.5. The van der Waals surface area contributed by atoms with Crippen LogP contribution in [0.5, 0.6) is 0 Å². The summed E-state index contributed by atoms with van der Waals surface area (Å²) in [6.45, 7) is 1.74. The number of aliphatic hydroxyl groups is 2. The van der Waals surface area contributed by atoms with Gasteiger partial charge in [0.15, 0.2) is 17.7 Å². The van der Waals surface area contributed by atoms with E-state index in [-0.39, 0.29) is 30.6 Å². The first-order valence-corrected chi connectivity index (χ1v) is 14.3. The highest BCUT2D eigenvalue weighted by molar-refractivity contribution is 7.98. The predicted molar refractivity (Wildman–Crippen MR) is 147 cm³/mol. The third-order valence-electron chi connectivity index (χ3n) is 6.29. The number of unbranched alkanes of at least 4 members (excludes halogenated alkanes) is 2. The molecule has 1 aliphatic rings. The van der Waals surface area contributed by atoms with Crippen molar-refractivity contribution in [3.8, 4) is 0 Å². The molecular formula is C24H39N7O8S. The molecule has 1 fully saturated rings. The van der Waals surface area contributed by atoms with Crippen LogP contribution >= 0.6 is 11.8 Å². The molecule has 6 atom stereocenters. The second kappa shape index (κ2) is 16.4. The van der Waals surface area contributed by atoms with Crippen molar-refractivity contribution in [1.29, 1.82) is 0 Å². The molecule has 0 radical (unpaired) electrons. The number of hydrogen-bond acceptors (Lipinski definition) is 13. The third-order valence-corrected chi connectivity index (χ3v) is 6.94. The van der Waals surface area contributed by atoms with E-state index in [1.165, 1.54) is 17.2 Å². The van der Waals surface area contributed by atoms with E-state index >= 15 is 0 Å². The summed E-state index contributed by atoms with van der Waals surface area (Å²) in [6, 6.07) is -1.15. The molecule has 40 heavy (non-hydrogen) atoms. The average molecular weight is 586 g/mol. The summed E-state index contributed by atoms with van der Waals surface area (Å²) in [7, 11) is 0. The Hall–Kier alpha value is -2.89. The minimum absolute atomic E-state index is 0.0512. The highest BCUT2D eigenvalue weighted by Crippen LogP contribution is 2.31. The number of hydrogen-bond donors (Lipinski definition) is 7. The Balaban J connectivity index is 0.000000366. The monoisotopic (exact) mass is 585 g/mol. The number of carboxylic acid groups (broad SMARTS) is 2. The first-order chi connectivity index (χ1) is 19.0. The summed E-state index contributed by atoms with van der Waals surface area (Å²) in [5.74, 6) is -0.816. The Bertz CT molecular complexity index is 1120. The molecule has 2 unspecified atom stereocenters. The number of thioether (sulfide) groups is 1. The summed E-state index contributed by atoms with van der Waals surface area (Å²) in [6.07, 6.45) is 3.68. The molecule has 0 bridgehead atoms. The molecule has 0 aliphatic carbocycles. The van der Waals surface area contributed by atoms with Gasteiger partial charge in [0.1, 0.15) is 42.0 Å². The van der Waals surface area contributed by atoms with Crippen molar-refractivity contribution >= 4 is 46.5 Å². The van der Waals surface area contributed by atoms with Crippen LogP contribution in [0, 0.1) is 0 Å². The van der Waals surface area contributed by atoms with Crippen LogP contribution in [-0.2, 0) is 19.1 Å². The van der Waals surface area contributed by atoms with Crippen LogP contribution in [0.1, 0.15) is 51.7 Å². The van der Waals surface area contributed by atoms with Gasteiger partial charge in [-0.1, -0.05) is 6.42 Å². The molecule has 0 spiro atoms. The Morgan fingerprint density at radius 1 is 1.12 bits per heavy atom. The van der Waals surface area contributed by atoms with Crippen LogP contribution in [0.25, 0.3) is 11.2 Å². The zero-order chi connectivity index (χ0) is 29.8. The molecule has 3 heterocycles. The van der Waals surface area contributed by atoms with E-state index < -0.39 is 42.5 Å². The number of ether oxygens (including phenoxy) is 1. The number of Topliss-reactive ketones (excluding diaryl/α,β-unsaturated/α-hetero) is 1. The van der Waals surface area contributed by atoms with Gasteiger partial charge in [-0.05, 0) is 38.2 Å². The Morgan fingerprint density at radius 3 is 2.45 bits per heavy atom. The summed E-state index contributed by atoms with van der Waals surface area (Å²) >= 11 is 1.55. The van der Waals surface area contributed by atoms with Crippen LogP contribution in [-0.4, -0.2) is 107 Å². The summed E-state index contributed by atoms with van der Waals surface area (Å²) in [5, 5.41) is 41.2. The molecule has 1 aliphatic heterocycles. The molecule has 3 rings (SSSR count). The Labute approximate surface area is 235 Å². The van der Waals surface area contributed by atoms with Crippen LogP contribution < -0.4 is 16.8 Å². The van der Waals surface area contributed by atoms with Crippen molar-refractivity contribution in [3.05, 3.63) is 12.7 Å². The molecular weight excluding hydrogens is 546 g/mol. The number of aromatic nitrogens is 4. The second-order valence-electron chi connectivity index (χ2n) is 9.42. The number of nitrogens with one attached hydrogen (secondary N) is 1. The lowest BCUT2D eigenvalue weighted by molar-refractivity contribution is -0.140. The van der Waals surface area contributed by atoms with E-state index in [1.807, 2.05) is 6.26 Å². The number of nitrogen functional groups attached to an aromatic ring is 1. The summed E-state index contributed by atoms with van der Waals surface area (Å²) in [5.41, 5.74) is 11.9. The molecule has 0 aromatic carbocycles. The highest BCUT2D eigenvalue weighted by atomic mass is 32.2. The molecule has 1 saturated heterocycles. The van der Waals surface area contributed by atoms with E-state index in [4.69, 9.17) is 21.3 Å². The average Bonchev–Trinajstić information content (AvgIpc) is 3.45. The minimum Gasteiger partial charge on any atom is -0.481 e. The number of nitrogens with two attached hydrogens (primary N) is 2. The second-order valence-corrected chi connectivity index (χ2v) is 10.4. The first kappa shape index (κ1) is 33.3. The van der Waals surface area contributed by atoms with Crippen molar-refractivity contribution in [1.82, 2.24) is 24.8 Å². The lowest BCUT2D eigenvalue weighted by Gasteiger charge is -2.19. The van der Waals surface area contributed by atoms with Crippen molar-refractivity contribution in [2.75, 3.05) is 24.3 Å². The van der Waals surface area contributed by atoms with Gasteiger partial charge in [-0.15, -0.1) is 0 Å². The third kappa shape index (κ3) is 9.64. The lowest BCUT2D eigenvalue weighted by atomic mass is 10.1. The van der Waals surface area contributed by atoms with Crippen molar-refractivity contribution in [2.45, 2.75) is 82.1 Å². The quantitative estimate of drug-likeness (QED) is 0.133. The number of imidazole rings is 1. The topological polar surface area (TPSA) is 249 Å².